The molecule has 188 valence electrons. The smallest absolute Gasteiger partial charge is 0.271 e. The molecular formula is C29H24BrFN2O4. The first-order valence-corrected chi connectivity index (χ1v) is 12.2. The van der Waals surface area contributed by atoms with Crippen molar-refractivity contribution in [3.63, 3.8) is 0 Å². The molecule has 6 nitrogen and oxygen atoms in total. The highest BCUT2D eigenvalue weighted by atomic mass is 79.9. The van der Waals surface area contributed by atoms with Crippen molar-refractivity contribution in [3.05, 3.63) is 124 Å². The Balaban J connectivity index is 1.33. The van der Waals surface area contributed by atoms with Gasteiger partial charge in [-0.2, -0.15) is 5.10 Å². The third-order valence-electron chi connectivity index (χ3n) is 5.34. The summed E-state index contributed by atoms with van der Waals surface area (Å²) in [5, 5.41) is 4.04. The number of benzene rings is 4. The zero-order valence-electron chi connectivity index (χ0n) is 20.0. The fourth-order valence-electron chi connectivity index (χ4n) is 3.38. The van der Waals surface area contributed by atoms with Gasteiger partial charge >= 0.3 is 0 Å². The Hall–Kier alpha value is -4.17. The van der Waals surface area contributed by atoms with E-state index in [1.165, 1.54) is 19.4 Å². The lowest BCUT2D eigenvalue weighted by molar-refractivity contribution is 0.0954. The summed E-state index contributed by atoms with van der Waals surface area (Å²) in [5.74, 6) is 0.834. The van der Waals surface area contributed by atoms with E-state index < -0.39 is 5.91 Å². The maximum Gasteiger partial charge on any atom is 0.271 e. The van der Waals surface area contributed by atoms with Gasteiger partial charge in [0.1, 0.15) is 24.8 Å². The van der Waals surface area contributed by atoms with Gasteiger partial charge in [-0.3, -0.25) is 4.79 Å². The third-order valence-corrected chi connectivity index (χ3v) is 5.96. The Labute approximate surface area is 222 Å². The fourth-order valence-corrected chi connectivity index (χ4v) is 3.89. The lowest BCUT2D eigenvalue weighted by Crippen LogP contribution is -2.17. The number of hydrogen-bond acceptors (Lipinski definition) is 5. The largest absolute Gasteiger partial charge is 0.493 e. The number of carbonyl (C=O) groups is 1. The molecular weight excluding hydrogens is 539 g/mol. The first-order valence-electron chi connectivity index (χ1n) is 11.4. The van der Waals surface area contributed by atoms with Gasteiger partial charge in [-0.25, -0.2) is 9.82 Å². The topological polar surface area (TPSA) is 69.2 Å². The van der Waals surface area contributed by atoms with E-state index >= 15 is 0 Å². The number of nitrogens with zero attached hydrogens (tertiary/aromatic N) is 1. The number of carbonyl (C=O) groups excluding carboxylic acids is 1. The highest BCUT2D eigenvalue weighted by Gasteiger charge is 2.11. The van der Waals surface area contributed by atoms with Crippen LogP contribution in [-0.2, 0) is 13.2 Å². The van der Waals surface area contributed by atoms with E-state index in [0.717, 1.165) is 11.1 Å². The Bertz CT molecular complexity index is 1400. The number of amides is 1. The molecule has 0 spiro atoms. The summed E-state index contributed by atoms with van der Waals surface area (Å²) in [7, 11) is 1.52. The van der Waals surface area contributed by atoms with Gasteiger partial charge in [0.25, 0.3) is 5.91 Å². The number of ether oxygens (including phenoxy) is 3. The molecule has 1 amide bonds. The number of methoxy groups -OCH3 is 1. The molecule has 0 unspecified atom stereocenters. The monoisotopic (exact) mass is 562 g/mol. The number of nitrogens with one attached hydrogen (secondary N) is 1. The molecule has 0 heterocycles. The summed E-state index contributed by atoms with van der Waals surface area (Å²) in [6.07, 6.45) is 1.51. The first-order chi connectivity index (χ1) is 18.0. The number of hydrazone groups is 1. The van der Waals surface area contributed by atoms with Crippen molar-refractivity contribution >= 4 is 28.1 Å². The molecule has 0 aliphatic rings. The third kappa shape index (κ3) is 7.17. The second-order valence-corrected chi connectivity index (χ2v) is 8.76. The maximum absolute atomic E-state index is 13.8. The zero-order chi connectivity index (χ0) is 26.0. The molecule has 4 rings (SSSR count). The number of rotatable bonds is 10. The predicted molar refractivity (Wildman–Crippen MR) is 144 cm³/mol. The van der Waals surface area contributed by atoms with Crippen molar-refractivity contribution in [2.45, 2.75) is 13.2 Å². The van der Waals surface area contributed by atoms with Crippen LogP contribution in [0.25, 0.3) is 0 Å². The van der Waals surface area contributed by atoms with Crippen LogP contribution in [0.4, 0.5) is 4.39 Å². The van der Waals surface area contributed by atoms with Crippen LogP contribution in [0, 0.1) is 5.82 Å². The summed E-state index contributed by atoms with van der Waals surface area (Å²) in [6, 6.07) is 26.5. The van der Waals surface area contributed by atoms with Gasteiger partial charge in [-0.15, -0.1) is 0 Å². The molecule has 0 fully saturated rings. The van der Waals surface area contributed by atoms with Crippen molar-refractivity contribution < 1.29 is 23.4 Å². The van der Waals surface area contributed by atoms with Crippen LogP contribution in [0.3, 0.4) is 0 Å². The van der Waals surface area contributed by atoms with Crippen LogP contribution in [0.15, 0.2) is 101 Å². The normalized spacial score (nSPS) is 10.8. The highest BCUT2D eigenvalue weighted by Crippen LogP contribution is 2.29. The molecule has 1 N–H and O–H groups in total. The van der Waals surface area contributed by atoms with Gasteiger partial charge in [0.05, 0.1) is 17.8 Å². The summed E-state index contributed by atoms with van der Waals surface area (Å²) in [4.78, 5) is 12.6. The second kappa shape index (κ2) is 12.7. The molecule has 37 heavy (non-hydrogen) atoms. The summed E-state index contributed by atoms with van der Waals surface area (Å²) in [6.45, 7) is 0.490. The standard InChI is InChI=1S/C29H24BrFN2O4/c1-35-28-16-22(12-14-27(28)36-18-20-7-3-2-4-8-20)29(34)33-32-17-21-11-13-26(24(30)15-21)37-19-23-9-5-6-10-25(23)31/h2-17H,18-19H2,1H3,(H,33,34)/b32-17+. The molecule has 0 bridgehead atoms. The quantitative estimate of drug-likeness (QED) is 0.176. The first kappa shape index (κ1) is 25.9. The van der Waals surface area contributed by atoms with E-state index in [4.69, 9.17) is 14.2 Å². The van der Waals surface area contributed by atoms with Crippen LogP contribution >= 0.6 is 15.9 Å². The molecule has 4 aromatic rings. The van der Waals surface area contributed by atoms with E-state index in [1.807, 2.05) is 30.3 Å². The molecule has 0 aromatic heterocycles. The van der Waals surface area contributed by atoms with Crippen LogP contribution in [-0.4, -0.2) is 19.2 Å². The lowest BCUT2D eigenvalue weighted by Gasteiger charge is -2.12. The molecule has 0 radical (unpaired) electrons. The fraction of sp³-hybridized carbons (Fsp3) is 0.103. The molecule has 4 aromatic carbocycles. The Morgan fingerprint density at radius 2 is 1.62 bits per heavy atom. The van der Waals surface area contributed by atoms with Crippen molar-refractivity contribution in [1.29, 1.82) is 0 Å². The van der Waals surface area contributed by atoms with E-state index in [9.17, 15) is 9.18 Å². The Kier molecular flexibility index (Phi) is 8.89. The van der Waals surface area contributed by atoms with Gasteiger partial charge in [-0.05, 0) is 69.5 Å². The van der Waals surface area contributed by atoms with Crippen molar-refractivity contribution in [1.82, 2.24) is 5.43 Å². The van der Waals surface area contributed by atoms with Gasteiger partial charge in [0, 0.05) is 11.1 Å². The van der Waals surface area contributed by atoms with Crippen molar-refractivity contribution in [3.8, 4) is 17.2 Å². The van der Waals surface area contributed by atoms with Crippen molar-refractivity contribution in [2.75, 3.05) is 7.11 Å². The van der Waals surface area contributed by atoms with E-state index in [2.05, 4.69) is 26.5 Å². The van der Waals surface area contributed by atoms with E-state index in [-0.39, 0.29) is 12.4 Å². The highest BCUT2D eigenvalue weighted by molar-refractivity contribution is 9.10. The lowest BCUT2D eigenvalue weighted by atomic mass is 10.2. The molecule has 8 heteroatoms. The maximum atomic E-state index is 13.8. The van der Waals surface area contributed by atoms with Gasteiger partial charge < -0.3 is 14.2 Å². The minimum absolute atomic E-state index is 0.105. The van der Waals surface area contributed by atoms with E-state index in [1.54, 1.807) is 54.6 Å². The van der Waals surface area contributed by atoms with Crippen molar-refractivity contribution in [2.24, 2.45) is 5.10 Å². The SMILES string of the molecule is COc1cc(C(=O)N/N=C/c2ccc(OCc3ccccc3F)c(Br)c2)ccc1OCc1ccccc1. The van der Waals surface area contributed by atoms with Gasteiger partial charge in [0.2, 0.25) is 0 Å². The number of hydrogen-bond donors (Lipinski definition) is 1. The predicted octanol–water partition coefficient (Wildman–Crippen LogP) is 6.52. The zero-order valence-corrected chi connectivity index (χ0v) is 21.6. The summed E-state index contributed by atoms with van der Waals surface area (Å²) < 4.78 is 31.4. The van der Waals surface area contributed by atoms with Crippen LogP contribution < -0.4 is 19.6 Å². The second-order valence-electron chi connectivity index (χ2n) is 7.91. The van der Waals surface area contributed by atoms with Gasteiger partial charge in [-0.1, -0.05) is 48.5 Å². The van der Waals surface area contributed by atoms with Crippen LogP contribution in [0.5, 0.6) is 17.2 Å². The number of halogens is 2. The minimum Gasteiger partial charge on any atom is -0.493 e. The van der Waals surface area contributed by atoms with Crippen LogP contribution in [0.1, 0.15) is 27.0 Å². The van der Waals surface area contributed by atoms with E-state index in [0.29, 0.717) is 39.5 Å². The average molecular weight is 563 g/mol. The Morgan fingerprint density at radius 3 is 2.38 bits per heavy atom. The average Bonchev–Trinajstić information content (AvgIpc) is 2.92. The summed E-state index contributed by atoms with van der Waals surface area (Å²) in [5.41, 5.74) is 5.11. The Morgan fingerprint density at radius 1 is 0.892 bits per heavy atom. The molecule has 0 aliphatic carbocycles. The molecule has 0 atom stereocenters. The van der Waals surface area contributed by atoms with Gasteiger partial charge in [0.15, 0.2) is 11.5 Å². The molecule has 0 saturated carbocycles. The molecule has 0 aliphatic heterocycles. The summed E-state index contributed by atoms with van der Waals surface area (Å²) >= 11 is 3.45. The minimum atomic E-state index is -0.395. The molecule has 0 saturated heterocycles. The van der Waals surface area contributed by atoms with Crippen LogP contribution in [0.2, 0.25) is 0 Å².